The monoisotopic (exact) mass is 247 g/mol. The second-order valence-electron chi connectivity index (χ2n) is 5.17. The molecule has 0 heterocycles. The lowest BCUT2D eigenvalue weighted by atomic mass is 10.0. The van der Waals surface area contributed by atoms with Crippen molar-refractivity contribution in [2.75, 3.05) is 12.4 Å². The summed E-state index contributed by atoms with van der Waals surface area (Å²) in [6.07, 6.45) is 12.4. The number of anilines is 1. The van der Waals surface area contributed by atoms with Gasteiger partial charge in [-0.1, -0.05) is 64.0 Å². The lowest BCUT2D eigenvalue weighted by Gasteiger charge is -2.04. The van der Waals surface area contributed by atoms with Crippen molar-refractivity contribution in [1.29, 1.82) is 0 Å². The number of hydrogen-bond acceptors (Lipinski definition) is 1. The lowest BCUT2D eigenvalue weighted by Crippen LogP contribution is -1.90. The quantitative estimate of drug-likeness (QED) is 0.545. The van der Waals surface area contributed by atoms with Gasteiger partial charge < -0.3 is 5.32 Å². The first-order valence-corrected chi connectivity index (χ1v) is 7.63. The Bertz CT molecular complexity index is 289. The summed E-state index contributed by atoms with van der Waals surface area (Å²) in [4.78, 5) is 0. The maximum atomic E-state index is 3.15. The minimum Gasteiger partial charge on any atom is -0.388 e. The molecule has 0 bridgehead atoms. The van der Waals surface area contributed by atoms with Crippen LogP contribution in [0.4, 0.5) is 5.69 Å². The van der Waals surface area contributed by atoms with Crippen LogP contribution in [-0.2, 0) is 6.42 Å². The predicted molar refractivity (Wildman–Crippen MR) is 82.3 cm³/mol. The van der Waals surface area contributed by atoms with Gasteiger partial charge in [-0.15, -0.1) is 0 Å². The molecule has 0 aromatic heterocycles. The van der Waals surface area contributed by atoms with Gasteiger partial charge in [-0.2, -0.15) is 0 Å². The van der Waals surface area contributed by atoms with E-state index in [0.717, 1.165) is 0 Å². The third-order valence-electron chi connectivity index (χ3n) is 3.56. The van der Waals surface area contributed by atoms with Gasteiger partial charge >= 0.3 is 0 Å². The lowest BCUT2D eigenvalue weighted by molar-refractivity contribution is 0.575. The van der Waals surface area contributed by atoms with E-state index < -0.39 is 0 Å². The molecule has 1 aromatic carbocycles. The summed E-state index contributed by atoms with van der Waals surface area (Å²) in [6.45, 7) is 2.28. The molecule has 1 N–H and O–H groups in total. The van der Waals surface area contributed by atoms with Gasteiger partial charge in [0.1, 0.15) is 0 Å². The van der Waals surface area contributed by atoms with Crippen molar-refractivity contribution in [1.82, 2.24) is 0 Å². The second kappa shape index (κ2) is 9.99. The topological polar surface area (TPSA) is 12.0 Å². The minimum absolute atomic E-state index is 1.20. The van der Waals surface area contributed by atoms with Gasteiger partial charge in [0.15, 0.2) is 0 Å². The molecule has 1 heteroatoms. The number of benzene rings is 1. The average Bonchev–Trinajstić information content (AvgIpc) is 2.42. The SMILES string of the molecule is CCCCCCCCCCc1ccc(NC)cc1. The fourth-order valence-electron chi connectivity index (χ4n) is 2.30. The smallest absolute Gasteiger partial charge is 0.0337 e. The number of rotatable bonds is 10. The Balaban J connectivity index is 2.00. The third kappa shape index (κ3) is 6.68. The van der Waals surface area contributed by atoms with Crippen molar-refractivity contribution < 1.29 is 0 Å². The highest BCUT2D eigenvalue weighted by Crippen LogP contribution is 2.13. The summed E-state index contributed by atoms with van der Waals surface area (Å²) in [5.74, 6) is 0. The van der Waals surface area contributed by atoms with Crippen LogP contribution in [-0.4, -0.2) is 7.05 Å². The van der Waals surface area contributed by atoms with Gasteiger partial charge in [-0.25, -0.2) is 0 Å². The molecule has 0 radical (unpaired) electrons. The Morgan fingerprint density at radius 2 is 1.33 bits per heavy atom. The molecule has 102 valence electrons. The molecule has 0 aliphatic heterocycles. The first kappa shape index (κ1) is 15.1. The minimum atomic E-state index is 1.20. The van der Waals surface area contributed by atoms with Crippen LogP contribution in [0.1, 0.15) is 63.9 Å². The van der Waals surface area contributed by atoms with Crippen LogP contribution in [0.2, 0.25) is 0 Å². The summed E-state index contributed by atoms with van der Waals surface area (Å²) in [5.41, 5.74) is 2.68. The summed E-state index contributed by atoms with van der Waals surface area (Å²) < 4.78 is 0. The van der Waals surface area contributed by atoms with E-state index in [4.69, 9.17) is 0 Å². The van der Waals surface area contributed by atoms with E-state index in [1.54, 1.807) is 0 Å². The fraction of sp³-hybridized carbons (Fsp3) is 0.647. The molecule has 0 saturated carbocycles. The van der Waals surface area contributed by atoms with Crippen molar-refractivity contribution in [2.24, 2.45) is 0 Å². The fourth-order valence-corrected chi connectivity index (χ4v) is 2.30. The van der Waals surface area contributed by atoms with Crippen LogP contribution in [0.3, 0.4) is 0 Å². The van der Waals surface area contributed by atoms with Crippen LogP contribution in [0.25, 0.3) is 0 Å². The van der Waals surface area contributed by atoms with Crippen LogP contribution in [0.5, 0.6) is 0 Å². The standard InChI is InChI=1S/C17H29N/c1-3-4-5-6-7-8-9-10-11-16-12-14-17(18-2)15-13-16/h12-15,18H,3-11H2,1-2H3. The van der Waals surface area contributed by atoms with E-state index in [1.807, 2.05) is 7.05 Å². The molecule has 0 spiro atoms. The molecule has 0 saturated heterocycles. The highest BCUT2D eigenvalue weighted by atomic mass is 14.8. The van der Waals surface area contributed by atoms with Crippen molar-refractivity contribution in [3.63, 3.8) is 0 Å². The first-order chi connectivity index (χ1) is 8.86. The number of unbranched alkanes of at least 4 members (excludes halogenated alkanes) is 7. The van der Waals surface area contributed by atoms with Gasteiger partial charge in [-0.3, -0.25) is 0 Å². The molecule has 0 amide bonds. The molecule has 0 aliphatic carbocycles. The van der Waals surface area contributed by atoms with Gasteiger partial charge in [0.2, 0.25) is 0 Å². The van der Waals surface area contributed by atoms with Crippen molar-refractivity contribution >= 4 is 5.69 Å². The van der Waals surface area contributed by atoms with Gasteiger partial charge in [0.25, 0.3) is 0 Å². The summed E-state index contributed by atoms with van der Waals surface area (Å²) >= 11 is 0. The second-order valence-corrected chi connectivity index (χ2v) is 5.17. The Morgan fingerprint density at radius 1 is 0.778 bits per heavy atom. The molecule has 1 aromatic rings. The summed E-state index contributed by atoms with van der Waals surface area (Å²) in [6, 6.07) is 8.82. The van der Waals surface area contributed by atoms with Crippen molar-refractivity contribution in [2.45, 2.75) is 64.7 Å². The van der Waals surface area contributed by atoms with Crippen molar-refractivity contribution in [3.8, 4) is 0 Å². The maximum absolute atomic E-state index is 3.15. The molecule has 1 rings (SSSR count). The van der Waals surface area contributed by atoms with Crippen LogP contribution < -0.4 is 5.32 Å². The number of nitrogens with one attached hydrogen (secondary N) is 1. The normalized spacial score (nSPS) is 10.6. The first-order valence-electron chi connectivity index (χ1n) is 7.63. The Kier molecular flexibility index (Phi) is 8.37. The highest BCUT2D eigenvalue weighted by molar-refractivity contribution is 5.43. The van der Waals surface area contributed by atoms with E-state index in [2.05, 4.69) is 36.5 Å². The van der Waals surface area contributed by atoms with Crippen LogP contribution >= 0.6 is 0 Å². The Morgan fingerprint density at radius 3 is 1.89 bits per heavy atom. The van der Waals surface area contributed by atoms with Gasteiger partial charge in [0, 0.05) is 12.7 Å². The van der Waals surface area contributed by atoms with E-state index >= 15 is 0 Å². The van der Waals surface area contributed by atoms with E-state index in [9.17, 15) is 0 Å². The zero-order valence-corrected chi connectivity index (χ0v) is 12.2. The molecular formula is C17H29N. The molecule has 0 unspecified atom stereocenters. The highest BCUT2D eigenvalue weighted by Gasteiger charge is 1.95. The largest absolute Gasteiger partial charge is 0.388 e. The number of aryl methyl sites for hydroxylation is 1. The average molecular weight is 247 g/mol. The van der Waals surface area contributed by atoms with Crippen LogP contribution in [0, 0.1) is 0 Å². The zero-order valence-electron chi connectivity index (χ0n) is 12.2. The molecule has 0 atom stereocenters. The third-order valence-corrected chi connectivity index (χ3v) is 3.56. The Hall–Kier alpha value is -0.980. The van der Waals surface area contributed by atoms with Gasteiger partial charge in [0.05, 0.1) is 0 Å². The van der Waals surface area contributed by atoms with E-state index in [-0.39, 0.29) is 0 Å². The maximum Gasteiger partial charge on any atom is 0.0337 e. The van der Waals surface area contributed by atoms with Crippen molar-refractivity contribution in [3.05, 3.63) is 29.8 Å². The molecule has 1 nitrogen and oxygen atoms in total. The summed E-state index contributed by atoms with van der Waals surface area (Å²) in [5, 5.41) is 3.15. The van der Waals surface area contributed by atoms with Crippen LogP contribution in [0.15, 0.2) is 24.3 Å². The summed E-state index contributed by atoms with van der Waals surface area (Å²) in [7, 11) is 1.97. The van der Waals surface area contributed by atoms with Gasteiger partial charge in [-0.05, 0) is 30.5 Å². The number of hydrogen-bond donors (Lipinski definition) is 1. The van der Waals surface area contributed by atoms with E-state index in [1.165, 1.54) is 69.0 Å². The zero-order chi connectivity index (χ0) is 13.1. The molecule has 0 fully saturated rings. The molecule has 18 heavy (non-hydrogen) atoms. The molecular weight excluding hydrogens is 218 g/mol. The predicted octanol–water partition coefficient (Wildman–Crippen LogP) is 5.41. The van der Waals surface area contributed by atoms with E-state index in [0.29, 0.717) is 0 Å². The Labute approximate surface area is 113 Å². The molecule has 0 aliphatic rings.